The van der Waals surface area contributed by atoms with E-state index in [4.69, 9.17) is 9.53 Å². The number of anilines is 1. The van der Waals surface area contributed by atoms with E-state index in [9.17, 15) is 0 Å². The number of nitrogens with zero attached hydrogens (tertiary/aromatic N) is 3. The normalized spacial score (nSPS) is 12.8. The minimum absolute atomic E-state index is 0.0410. The summed E-state index contributed by atoms with van der Waals surface area (Å²) in [5, 5.41) is 0. The van der Waals surface area contributed by atoms with Gasteiger partial charge in [0.25, 0.3) is 0 Å². The molecule has 5 heteroatoms. The van der Waals surface area contributed by atoms with Crippen LogP contribution < -0.4 is 4.90 Å². The van der Waals surface area contributed by atoms with Crippen LogP contribution in [0.15, 0.2) is 194 Å². The Hall–Kier alpha value is -5.50. The van der Waals surface area contributed by atoms with Crippen molar-refractivity contribution in [2.45, 2.75) is 23.7 Å². The molecule has 2 aromatic heterocycles. The minimum atomic E-state index is -1.91. The molecule has 0 radical (unpaired) electrons. The van der Waals surface area contributed by atoms with Crippen molar-refractivity contribution in [2.75, 3.05) is 19.0 Å². The van der Waals surface area contributed by atoms with E-state index < -0.39 is 15.3 Å². The van der Waals surface area contributed by atoms with Gasteiger partial charge >= 0.3 is 342 Å². The van der Waals surface area contributed by atoms with E-state index in [1.165, 1.54) is 50.2 Å². The second-order valence-electron chi connectivity index (χ2n) is 14.3. The first-order chi connectivity index (χ1) is 27.5. The fourth-order valence-electron chi connectivity index (χ4n) is 7.85. The van der Waals surface area contributed by atoms with Crippen molar-refractivity contribution < 1.29 is 15.3 Å². The quantitative estimate of drug-likeness (QED) is 0.0934. The maximum atomic E-state index is 7.89. The number of aryl methyl sites for hydroxylation is 1. The van der Waals surface area contributed by atoms with Gasteiger partial charge in [0.2, 0.25) is 0 Å². The average Bonchev–Trinajstić information content (AvgIpc) is 3.62. The van der Waals surface area contributed by atoms with Crippen molar-refractivity contribution >= 4 is 26.9 Å². The number of allylic oxidation sites excluding steroid dienone is 1. The molecule has 0 unspecified atom stereocenters. The van der Waals surface area contributed by atoms with E-state index in [0.29, 0.717) is 0 Å². The number of benzene rings is 6. The van der Waals surface area contributed by atoms with Crippen LogP contribution >= 0.6 is 9.53 Å². The third kappa shape index (κ3) is 7.79. The van der Waals surface area contributed by atoms with Gasteiger partial charge in [0.1, 0.15) is 0 Å². The first kappa shape index (κ1) is 37.4. The van der Waals surface area contributed by atoms with Crippen molar-refractivity contribution in [1.29, 1.82) is 0 Å². The molecule has 0 atom stereocenters. The molecule has 6 aromatic carbocycles. The topological polar surface area (TPSA) is 12.6 Å². The average molecular weight is 843 g/mol. The van der Waals surface area contributed by atoms with Gasteiger partial charge in [-0.05, 0) is 0 Å². The molecule has 0 aliphatic carbocycles. The number of pyridine rings is 1. The second-order valence-corrected chi connectivity index (χ2v) is 18.6. The molecule has 0 bridgehead atoms. The molecular weight excluding hydrogens is 796 g/mol. The Bertz CT molecular complexity index is 2460. The molecule has 8 rings (SSSR count). The van der Waals surface area contributed by atoms with Crippen LogP contribution in [0.4, 0.5) is 5.82 Å². The van der Waals surface area contributed by atoms with Crippen LogP contribution in [0.25, 0.3) is 17.3 Å². The maximum absolute atomic E-state index is 7.89. The summed E-state index contributed by atoms with van der Waals surface area (Å²) >= 11 is -1.91. The predicted octanol–water partition coefficient (Wildman–Crippen LogP) is 12.9. The first-order valence-corrected chi connectivity index (χ1v) is 22.9. The monoisotopic (exact) mass is 841 g/mol. The number of rotatable bonds is 11. The predicted molar refractivity (Wildman–Crippen MR) is 233 cm³/mol. The molecule has 8 aromatic rings. The Morgan fingerprint density at radius 1 is 0.589 bits per heavy atom. The van der Waals surface area contributed by atoms with Crippen LogP contribution in [-0.4, -0.2) is 23.1 Å². The van der Waals surface area contributed by atoms with Gasteiger partial charge in [-0.2, -0.15) is 0 Å². The summed E-state index contributed by atoms with van der Waals surface area (Å²) in [5.41, 5.74) is 12.2. The number of halogens is 1. The zero-order valence-electron chi connectivity index (χ0n) is 32.0. The number of hydrogen-bond donors (Lipinski definition) is 0. The van der Waals surface area contributed by atoms with Crippen molar-refractivity contribution in [3.63, 3.8) is 0 Å². The fraction of sp³-hybridized carbons (Fsp3) is 0.118. The Morgan fingerprint density at radius 2 is 1.04 bits per heavy atom. The number of aromatic nitrogens is 2. The van der Waals surface area contributed by atoms with E-state index in [2.05, 4.69) is 235 Å². The molecular formula is C51H46ClN3Pd. The van der Waals surface area contributed by atoms with Crippen LogP contribution in [0.2, 0.25) is 4.89 Å². The SMILES string of the molecule is Cc1cc(C(c2ccccc2)c2ccccc2)c(-n2cc3cccc(N(C)C)n3[c]2=[Pd]([Cl])[CH2]C=Cc2ccccc2)c(C(c2ccccc2)c2ccccc2)c1. The fourth-order valence-corrected chi connectivity index (χ4v) is 11.1. The zero-order chi connectivity index (χ0) is 38.4. The molecule has 0 saturated carbocycles. The van der Waals surface area contributed by atoms with E-state index in [1.807, 2.05) is 0 Å². The van der Waals surface area contributed by atoms with Gasteiger partial charge in [-0.1, -0.05) is 0 Å². The van der Waals surface area contributed by atoms with Crippen molar-refractivity contribution in [2.24, 2.45) is 0 Å². The summed E-state index contributed by atoms with van der Waals surface area (Å²) < 4.78 is 6.01. The summed E-state index contributed by atoms with van der Waals surface area (Å²) in [6, 6.07) is 65.8. The second kappa shape index (κ2) is 17.1. The van der Waals surface area contributed by atoms with E-state index >= 15 is 0 Å². The van der Waals surface area contributed by atoms with Crippen molar-refractivity contribution in [3.8, 4) is 5.69 Å². The molecule has 0 amide bonds. The van der Waals surface area contributed by atoms with Gasteiger partial charge in [0.05, 0.1) is 0 Å². The molecule has 0 spiro atoms. The molecule has 56 heavy (non-hydrogen) atoms. The van der Waals surface area contributed by atoms with Crippen LogP contribution in [0.5, 0.6) is 0 Å². The number of imidazole rings is 1. The number of hydrogen-bond acceptors (Lipinski definition) is 1. The first-order valence-electron chi connectivity index (χ1n) is 19.0. The standard InChI is InChI=1S/C42H37N3.C9H9.ClH.Pd/c1-31-27-37(40(32-17-8-4-9-18-32)33-19-10-5-11-20-33)42(44-29-36-25-16-26-39(43(2)3)45(36)30-44)38(28-31)41(34-21-12-6-13-22-34)35-23-14-7-15-24-35;1-2-6-9-7-4-3-5-8-9;;/h4-29,40-41H,1-3H3;2-8H,1H2;1H;/q;;;+1/p-1. The molecule has 3 nitrogen and oxygen atoms in total. The van der Waals surface area contributed by atoms with Gasteiger partial charge in [-0.3, -0.25) is 0 Å². The Kier molecular flexibility index (Phi) is 11.4. The third-order valence-electron chi connectivity index (χ3n) is 10.2. The summed E-state index contributed by atoms with van der Waals surface area (Å²) in [6.45, 7) is 2.24. The van der Waals surface area contributed by atoms with Crippen molar-refractivity contribution in [1.82, 2.24) is 8.97 Å². The van der Waals surface area contributed by atoms with Gasteiger partial charge in [-0.15, -0.1) is 0 Å². The summed E-state index contributed by atoms with van der Waals surface area (Å²) in [4.78, 5) is 2.95. The summed E-state index contributed by atoms with van der Waals surface area (Å²) in [5.74, 6) is 1.01. The molecule has 0 saturated heterocycles. The van der Waals surface area contributed by atoms with Gasteiger partial charge in [0.15, 0.2) is 0 Å². The van der Waals surface area contributed by atoms with E-state index in [1.54, 1.807) is 0 Å². The van der Waals surface area contributed by atoms with E-state index in [0.717, 1.165) is 20.1 Å². The summed E-state index contributed by atoms with van der Waals surface area (Å²) in [6.07, 6.45) is 6.79. The summed E-state index contributed by atoms with van der Waals surface area (Å²) in [7, 11) is 12.1. The Morgan fingerprint density at radius 3 is 1.48 bits per heavy atom. The van der Waals surface area contributed by atoms with Crippen LogP contribution in [-0.2, 0) is 15.3 Å². The molecule has 282 valence electrons. The van der Waals surface area contributed by atoms with Gasteiger partial charge < -0.3 is 0 Å². The van der Waals surface area contributed by atoms with Crippen LogP contribution in [0, 0.1) is 10.8 Å². The zero-order valence-corrected chi connectivity index (χ0v) is 34.3. The Labute approximate surface area is 340 Å². The molecule has 0 aliphatic rings. The number of fused-ring (bicyclic) bond motifs is 1. The van der Waals surface area contributed by atoms with Crippen LogP contribution in [0.3, 0.4) is 0 Å². The molecule has 0 aliphatic heterocycles. The van der Waals surface area contributed by atoms with Crippen LogP contribution in [0.1, 0.15) is 56.3 Å². The molecule has 0 fully saturated rings. The van der Waals surface area contributed by atoms with Crippen molar-refractivity contribution in [3.05, 3.63) is 243 Å². The Balaban J connectivity index is 1.52. The molecule has 0 N–H and O–H groups in total. The van der Waals surface area contributed by atoms with Gasteiger partial charge in [0, 0.05) is 0 Å². The molecule has 2 heterocycles. The third-order valence-corrected chi connectivity index (χ3v) is 13.8. The van der Waals surface area contributed by atoms with E-state index in [-0.39, 0.29) is 11.8 Å². The van der Waals surface area contributed by atoms with Gasteiger partial charge in [-0.25, -0.2) is 0 Å².